The molecule has 3 N–H and O–H groups in total. The number of carbonyl (C=O) groups is 1. The van der Waals surface area contributed by atoms with Gasteiger partial charge in [-0.25, -0.2) is 0 Å². The summed E-state index contributed by atoms with van der Waals surface area (Å²) in [6.07, 6.45) is 4.62. The van der Waals surface area contributed by atoms with Gasteiger partial charge in [-0.2, -0.15) is 0 Å². The van der Waals surface area contributed by atoms with Gasteiger partial charge in [0.15, 0.2) is 0 Å². The molecule has 2 aliphatic heterocycles. The Kier molecular flexibility index (Phi) is 3.54. The Bertz CT molecular complexity index is 583. The number of benzene rings is 1. The van der Waals surface area contributed by atoms with E-state index in [1.807, 2.05) is 18.2 Å². The maximum atomic E-state index is 12.8. The first-order valence-electron chi connectivity index (χ1n) is 8.30. The van der Waals surface area contributed by atoms with Gasteiger partial charge in [-0.3, -0.25) is 4.79 Å². The molecule has 22 heavy (non-hydrogen) atoms. The molecule has 1 aromatic carbocycles. The number of ether oxygens (including phenoxy) is 1. The van der Waals surface area contributed by atoms with Crippen LogP contribution in [-0.4, -0.2) is 37.2 Å². The molecule has 1 unspecified atom stereocenters. The quantitative estimate of drug-likeness (QED) is 0.768. The summed E-state index contributed by atoms with van der Waals surface area (Å²) >= 11 is 0. The molecular weight excluding hydrogens is 278 g/mol. The Morgan fingerprint density at radius 1 is 1.32 bits per heavy atom. The fraction of sp³-hybridized carbons (Fsp3) is 0.588. The number of hydrogen-bond donors (Lipinski definition) is 3. The van der Waals surface area contributed by atoms with Crippen LogP contribution < -0.4 is 20.7 Å². The lowest BCUT2D eigenvalue weighted by molar-refractivity contribution is 0.0878. The summed E-state index contributed by atoms with van der Waals surface area (Å²) in [6.45, 7) is 3.17. The molecule has 1 aromatic rings. The molecular formula is C17H23N3O2. The summed E-state index contributed by atoms with van der Waals surface area (Å²) < 4.78 is 5.82. The minimum Gasteiger partial charge on any atom is -0.491 e. The van der Waals surface area contributed by atoms with Crippen molar-refractivity contribution in [3.05, 3.63) is 29.3 Å². The maximum Gasteiger partial charge on any atom is 0.255 e. The molecule has 2 fully saturated rings. The molecule has 3 aliphatic rings. The van der Waals surface area contributed by atoms with Crippen molar-refractivity contribution in [1.29, 1.82) is 0 Å². The molecule has 1 saturated heterocycles. The maximum absolute atomic E-state index is 12.8. The number of para-hydroxylation sites is 1. The fourth-order valence-electron chi connectivity index (χ4n) is 3.92. The van der Waals surface area contributed by atoms with Crippen molar-refractivity contribution in [2.45, 2.75) is 43.8 Å². The molecule has 118 valence electrons. The SMILES string of the molecule is O=C(NC1CCNC12CCC2)c1cccc2c1OCCNC2. The smallest absolute Gasteiger partial charge is 0.255 e. The highest BCUT2D eigenvalue weighted by atomic mass is 16.5. The summed E-state index contributed by atoms with van der Waals surface area (Å²) in [5, 5.41) is 10.2. The predicted octanol–water partition coefficient (Wildman–Crippen LogP) is 1.18. The summed E-state index contributed by atoms with van der Waals surface area (Å²) in [5.41, 5.74) is 1.89. The van der Waals surface area contributed by atoms with Crippen LogP contribution in [0.3, 0.4) is 0 Å². The Hall–Kier alpha value is -1.59. The van der Waals surface area contributed by atoms with Crippen LogP contribution in [0.4, 0.5) is 0 Å². The lowest BCUT2D eigenvalue weighted by Crippen LogP contribution is -2.59. The molecule has 5 nitrogen and oxygen atoms in total. The molecule has 5 heteroatoms. The lowest BCUT2D eigenvalue weighted by atomic mass is 9.73. The van der Waals surface area contributed by atoms with E-state index < -0.39 is 0 Å². The van der Waals surface area contributed by atoms with Crippen molar-refractivity contribution in [2.24, 2.45) is 0 Å². The van der Waals surface area contributed by atoms with E-state index in [0.717, 1.165) is 37.4 Å². The summed E-state index contributed by atoms with van der Waals surface area (Å²) in [4.78, 5) is 12.8. The van der Waals surface area contributed by atoms with Gasteiger partial charge < -0.3 is 20.7 Å². The van der Waals surface area contributed by atoms with E-state index in [0.29, 0.717) is 12.2 Å². The van der Waals surface area contributed by atoms with E-state index >= 15 is 0 Å². The minimum atomic E-state index is -0.00118. The molecule has 0 aromatic heterocycles. The van der Waals surface area contributed by atoms with Crippen molar-refractivity contribution in [3.63, 3.8) is 0 Å². The van der Waals surface area contributed by atoms with E-state index in [4.69, 9.17) is 4.74 Å². The molecule has 0 radical (unpaired) electrons. The zero-order valence-electron chi connectivity index (χ0n) is 12.8. The Morgan fingerprint density at radius 3 is 3.05 bits per heavy atom. The van der Waals surface area contributed by atoms with Crippen LogP contribution in [0.1, 0.15) is 41.6 Å². The van der Waals surface area contributed by atoms with E-state index in [-0.39, 0.29) is 17.5 Å². The summed E-state index contributed by atoms with van der Waals surface area (Å²) in [6, 6.07) is 6.08. The van der Waals surface area contributed by atoms with E-state index in [9.17, 15) is 4.79 Å². The average Bonchev–Trinajstić information content (AvgIpc) is 2.76. The molecule has 1 aliphatic carbocycles. The van der Waals surface area contributed by atoms with Crippen LogP contribution in [0.2, 0.25) is 0 Å². The van der Waals surface area contributed by atoms with E-state index in [2.05, 4.69) is 16.0 Å². The van der Waals surface area contributed by atoms with Gasteiger partial charge in [0.2, 0.25) is 0 Å². The molecule has 4 rings (SSSR count). The zero-order valence-corrected chi connectivity index (χ0v) is 12.8. The fourth-order valence-corrected chi connectivity index (χ4v) is 3.92. The zero-order chi connectivity index (χ0) is 15.0. The van der Waals surface area contributed by atoms with Crippen LogP contribution in [0, 0.1) is 0 Å². The number of fused-ring (bicyclic) bond motifs is 1. The standard InChI is InChI=1S/C17H23N3O2/c21-16(20-14-5-8-19-17(14)6-2-7-17)13-4-1-3-12-11-18-9-10-22-15(12)13/h1,3-4,14,18-19H,2,5-11H2,(H,20,21). The summed E-state index contributed by atoms with van der Waals surface area (Å²) in [7, 11) is 0. The highest BCUT2D eigenvalue weighted by molar-refractivity contribution is 5.97. The highest BCUT2D eigenvalue weighted by Gasteiger charge is 2.47. The van der Waals surface area contributed by atoms with Crippen molar-refractivity contribution in [1.82, 2.24) is 16.0 Å². The third kappa shape index (κ3) is 2.29. The number of amides is 1. The van der Waals surface area contributed by atoms with Gasteiger partial charge in [-0.05, 0) is 38.3 Å². The molecule has 1 atom stereocenters. The van der Waals surface area contributed by atoms with Crippen molar-refractivity contribution < 1.29 is 9.53 Å². The van der Waals surface area contributed by atoms with Gasteiger partial charge in [0.05, 0.1) is 5.56 Å². The highest BCUT2D eigenvalue weighted by Crippen LogP contribution is 2.39. The monoisotopic (exact) mass is 301 g/mol. The number of carbonyl (C=O) groups excluding carboxylic acids is 1. The first-order chi connectivity index (χ1) is 10.8. The van der Waals surface area contributed by atoms with Crippen LogP contribution in [-0.2, 0) is 6.54 Å². The third-order valence-corrected chi connectivity index (χ3v) is 5.31. The third-order valence-electron chi connectivity index (χ3n) is 5.31. The van der Waals surface area contributed by atoms with Crippen molar-refractivity contribution in [2.75, 3.05) is 19.7 Å². The molecule has 2 heterocycles. The Labute approximate surface area is 130 Å². The van der Waals surface area contributed by atoms with Crippen LogP contribution >= 0.6 is 0 Å². The predicted molar refractivity (Wildman–Crippen MR) is 84.1 cm³/mol. The van der Waals surface area contributed by atoms with Crippen molar-refractivity contribution >= 4 is 5.91 Å². The van der Waals surface area contributed by atoms with Crippen LogP contribution in [0.5, 0.6) is 5.75 Å². The second-order valence-electron chi connectivity index (χ2n) is 6.57. The second-order valence-corrected chi connectivity index (χ2v) is 6.57. The average molecular weight is 301 g/mol. The van der Waals surface area contributed by atoms with E-state index in [1.54, 1.807) is 0 Å². The van der Waals surface area contributed by atoms with Gasteiger partial charge in [-0.1, -0.05) is 12.1 Å². The van der Waals surface area contributed by atoms with Gasteiger partial charge in [0.1, 0.15) is 12.4 Å². The van der Waals surface area contributed by atoms with Gasteiger partial charge in [-0.15, -0.1) is 0 Å². The first kappa shape index (κ1) is 14.0. The van der Waals surface area contributed by atoms with Crippen LogP contribution in [0.15, 0.2) is 18.2 Å². The molecule has 1 saturated carbocycles. The Morgan fingerprint density at radius 2 is 2.23 bits per heavy atom. The lowest BCUT2D eigenvalue weighted by Gasteiger charge is -2.43. The molecule has 1 spiro atoms. The van der Waals surface area contributed by atoms with Gasteiger partial charge in [0, 0.05) is 30.2 Å². The molecule has 1 amide bonds. The number of hydrogen-bond acceptors (Lipinski definition) is 4. The van der Waals surface area contributed by atoms with Gasteiger partial charge >= 0.3 is 0 Å². The van der Waals surface area contributed by atoms with Gasteiger partial charge in [0.25, 0.3) is 5.91 Å². The molecule has 0 bridgehead atoms. The second kappa shape index (κ2) is 5.56. The minimum absolute atomic E-state index is 0.00118. The Balaban J connectivity index is 1.56. The topological polar surface area (TPSA) is 62.4 Å². The van der Waals surface area contributed by atoms with E-state index in [1.165, 1.54) is 19.3 Å². The summed E-state index contributed by atoms with van der Waals surface area (Å²) in [5.74, 6) is 0.748. The van der Waals surface area contributed by atoms with Crippen LogP contribution in [0.25, 0.3) is 0 Å². The number of nitrogens with one attached hydrogen (secondary N) is 3. The first-order valence-corrected chi connectivity index (χ1v) is 8.30. The van der Waals surface area contributed by atoms with Crippen molar-refractivity contribution in [3.8, 4) is 5.75 Å². The number of rotatable bonds is 2. The normalized spacial score (nSPS) is 25.7. The largest absolute Gasteiger partial charge is 0.491 e.